The summed E-state index contributed by atoms with van der Waals surface area (Å²) in [6.45, 7) is 0. The molecule has 1 unspecified atom stereocenters. The molecule has 2 saturated carbocycles. The van der Waals surface area contributed by atoms with Crippen molar-refractivity contribution in [3.8, 4) is 0 Å². The number of halogens is 3. The maximum absolute atomic E-state index is 13.5. The number of hydrogen-bond acceptors (Lipinski definition) is 5. The first-order valence-corrected chi connectivity index (χ1v) is 8.17. The standard InChI is InChI=1S/C18H13F3N2O3/c19-18(20,21)14-10(8-9-2-1-7-22-16(9)23-14)13(25)12-11(24)3-4-17(5-6-17)15(12)26/h1-2,7-8,12H,3-6H2. The average Bonchev–Trinajstić information content (AvgIpc) is 3.38. The largest absolute Gasteiger partial charge is 0.434 e. The smallest absolute Gasteiger partial charge is 0.298 e. The Bertz CT molecular complexity index is 964. The van der Waals surface area contributed by atoms with Crippen molar-refractivity contribution in [1.29, 1.82) is 0 Å². The number of fused-ring (bicyclic) bond motifs is 1. The van der Waals surface area contributed by atoms with E-state index in [-0.39, 0.29) is 17.5 Å². The Balaban J connectivity index is 1.85. The summed E-state index contributed by atoms with van der Waals surface area (Å²) < 4.78 is 40.4. The molecule has 2 aromatic rings. The van der Waals surface area contributed by atoms with Gasteiger partial charge in [0.05, 0.1) is 5.56 Å². The van der Waals surface area contributed by atoms with Crippen LogP contribution in [0.15, 0.2) is 24.4 Å². The van der Waals surface area contributed by atoms with Crippen LogP contribution in [0.4, 0.5) is 13.2 Å². The van der Waals surface area contributed by atoms with Gasteiger partial charge in [0.2, 0.25) is 0 Å². The lowest BCUT2D eigenvalue weighted by atomic mass is 9.73. The van der Waals surface area contributed by atoms with Gasteiger partial charge in [-0.1, -0.05) is 0 Å². The molecule has 0 amide bonds. The van der Waals surface area contributed by atoms with Crippen molar-refractivity contribution in [3.05, 3.63) is 35.7 Å². The molecule has 1 atom stereocenters. The lowest BCUT2D eigenvalue weighted by molar-refractivity contribution is -0.142. The van der Waals surface area contributed by atoms with Crippen molar-refractivity contribution < 1.29 is 27.6 Å². The molecule has 0 aliphatic heterocycles. The third-order valence-corrected chi connectivity index (χ3v) is 5.20. The van der Waals surface area contributed by atoms with Gasteiger partial charge in [-0.3, -0.25) is 14.4 Å². The molecule has 0 saturated heterocycles. The molecule has 2 heterocycles. The van der Waals surface area contributed by atoms with E-state index in [4.69, 9.17) is 0 Å². The van der Waals surface area contributed by atoms with Crippen LogP contribution in [0.2, 0.25) is 0 Å². The van der Waals surface area contributed by atoms with Crippen LogP contribution in [0.5, 0.6) is 0 Å². The molecule has 4 rings (SSSR count). The quantitative estimate of drug-likeness (QED) is 0.606. The van der Waals surface area contributed by atoms with Crippen molar-refractivity contribution >= 4 is 28.4 Å². The second-order valence-corrected chi connectivity index (χ2v) is 6.84. The normalized spacial score (nSPS) is 22.0. The minimum atomic E-state index is -4.91. The molecule has 5 nitrogen and oxygen atoms in total. The molecular weight excluding hydrogens is 349 g/mol. The molecule has 2 aromatic heterocycles. The number of aromatic nitrogens is 2. The molecule has 0 N–H and O–H groups in total. The van der Waals surface area contributed by atoms with E-state index >= 15 is 0 Å². The number of carbonyl (C=O) groups excluding carboxylic acids is 3. The van der Waals surface area contributed by atoms with Crippen molar-refractivity contribution in [2.45, 2.75) is 31.9 Å². The van der Waals surface area contributed by atoms with Crippen LogP contribution in [0, 0.1) is 11.3 Å². The first-order chi connectivity index (χ1) is 12.2. The van der Waals surface area contributed by atoms with Crippen LogP contribution in [-0.2, 0) is 15.8 Å². The van der Waals surface area contributed by atoms with E-state index in [1.165, 1.54) is 18.3 Å². The molecule has 2 aliphatic rings. The summed E-state index contributed by atoms with van der Waals surface area (Å²) in [6.07, 6.45) is -2.05. The van der Waals surface area contributed by atoms with E-state index in [9.17, 15) is 27.6 Å². The second kappa shape index (κ2) is 5.43. The molecule has 0 radical (unpaired) electrons. The summed E-state index contributed by atoms with van der Waals surface area (Å²) in [5.74, 6) is -3.94. The minimum Gasteiger partial charge on any atom is -0.298 e. The van der Waals surface area contributed by atoms with Gasteiger partial charge < -0.3 is 0 Å². The molecule has 26 heavy (non-hydrogen) atoms. The molecule has 2 fully saturated rings. The third kappa shape index (κ3) is 2.51. The van der Waals surface area contributed by atoms with E-state index in [0.717, 1.165) is 6.07 Å². The van der Waals surface area contributed by atoms with Crippen LogP contribution in [-0.4, -0.2) is 27.3 Å². The minimum absolute atomic E-state index is 0.0338. The summed E-state index contributed by atoms with van der Waals surface area (Å²) in [5, 5.41) is 0.237. The fourth-order valence-corrected chi connectivity index (χ4v) is 3.56. The number of alkyl halides is 3. The summed E-state index contributed by atoms with van der Waals surface area (Å²) >= 11 is 0. The van der Waals surface area contributed by atoms with Crippen LogP contribution in [0.25, 0.3) is 11.0 Å². The Morgan fingerprint density at radius 2 is 1.92 bits per heavy atom. The van der Waals surface area contributed by atoms with Gasteiger partial charge in [-0.15, -0.1) is 0 Å². The topological polar surface area (TPSA) is 77.0 Å². The first kappa shape index (κ1) is 16.8. The molecule has 2 aliphatic carbocycles. The highest BCUT2D eigenvalue weighted by atomic mass is 19.4. The van der Waals surface area contributed by atoms with E-state index in [2.05, 4.69) is 9.97 Å². The fourth-order valence-electron chi connectivity index (χ4n) is 3.56. The number of Topliss-reactive ketones (excluding diaryl/α,β-unsaturated/α-hetero) is 3. The van der Waals surface area contributed by atoms with Crippen LogP contribution >= 0.6 is 0 Å². The van der Waals surface area contributed by atoms with E-state index < -0.39 is 46.1 Å². The van der Waals surface area contributed by atoms with Gasteiger partial charge in [-0.2, -0.15) is 13.2 Å². The second-order valence-electron chi connectivity index (χ2n) is 6.84. The Morgan fingerprint density at radius 3 is 2.58 bits per heavy atom. The van der Waals surface area contributed by atoms with Gasteiger partial charge in [0.1, 0.15) is 5.92 Å². The summed E-state index contributed by atoms with van der Waals surface area (Å²) in [7, 11) is 0. The highest BCUT2D eigenvalue weighted by Gasteiger charge is 2.58. The summed E-state index contributed by atoms with van der Waals surface area (Å²) in [6, 6.07) is 4.00. The van der Waals surface area contributed by atoms with Crippen molar-refractivity contribution in [2.75, 3.05) is 0 Å². The maximum atomic E-state index is 13.5. The van der Waals surface area contributed by atoms with E-state index in [1.54, 1.807) is 0 Å². The monoisotopic (exact) mass is 362 g/mol. The summed E-state index contributed by atoms with van der Waals surface area (Å²) in [5.41, 5.74) is -3.01. The Hall–Kier alpha value is -2.64. The predicted molar refractivity (Wildman–Crippen MR) is 83.3 cm³/mol. The van der Waals surface area contributed by atoms with Gasteiger partial charge in [-0.05, 0) is 37.5 Å². The SMILES string of the molecule is O=C1CCC2(CC2)C(=O)C1C(=O)c1cc2cccnc2nc1C(F)(F)F. The van der Waals surface area contributed by atoms with Gasteiger partial charge >= 0.3 is 6.18 Å². The van der Waals surface area contributed by atoms with Gasteiger partial charge in [0.25, 0.3) is 0 Å². The Labute approximate surface area is 145 Å². The van der Waals surface area contributed by atoms with Crippen molar-refractivity contribution in [1.82, 2.24) is 9.97 Å². The molecule has 134 valence electrons. The average molecular weight is 362 g/mol. The number of pyridine rings is 2. The Kier molecular flexibility index (Phi) is 3.51. The number of ketones is 3. The van der Waals surface area contributed by atoms with Gasteiger partial charge in [-0.25, -0.2) is 9.97 Å². The number of carbonyl (C=O) groups is 3. The van der Waals surface area contributed by atoms with E-state index in [1.807, 2.05) is 0 Å². The van der Waals surface area contributed by atoms with Crippen LogP contribution in [0.1, 0.15) is 41.7 Å². The predicted octanol–water partition coefficient (Wildman–Crippen LogP) is 3.16. The Morgan fingerprint density at radius 1 is 1.19 bits per heavy atom. The maximum Gasteiger partial charge on any atom is 0.434 e. The van der Waals surface area contributed by atoms with Gasteiger partial charge in [0, 0.05) is 23.4 Å². The van der Waals surface area contributed by atoms with Gasteiger partial charge in [0.15, 0.2) is 28.7 Å². The van der Waals surface area contributed by atoms with Crippen LogP contribution in [0.3, 0.4) is 0 Å². The molecule has 1 spiro atoms. The van der Waals surface area contributed by atoms with Crippen molar-refractivity contribution in [3.63, 3.8) is 0 Å². The zero-order valence-electron chi connectivity index (χ0n) is 13.5. The lowest BCUT2D eigenvalue weighted by Gasteiger charge is -2.26. The summed E-state index contributed by atoms with van der Waals surface area (Å²) in [4.78, 5) is 44.9. The first-order valence-electron chi connectivity index (χ1n) is 8.17. The molecule has 8 heteroatoms. The van der Waals surface area contributed by atoms with Crippen molar-refractivity contribution in [2.24, 2.45) is 11.3 Å². The zero-order chi connectivity index (χ0) is 18.7. The molecule has 0 bridgehead atoms. The highest BCUT2D eigenvalue weighted by Crippen LogP contribution is 2.55. The number of nitrogens with zero attached hydrogens (tertiary/aromatic N) is 2. The molecular formula is C18H13F3N2O3. The van der Waals surface area contributed by atoms with E-state index in [0.29, 0.717) is 19.3 Å². The lowest BCUT2D eigenvalue weighted by Crippen LogP contribution is -2.42. The fraction of sp³-hybridized carbons (Fsp3) is 0.389. The number of rotatable bonds is 2. The third-order valence-electron chi connectivity index (χ3n) is 5.20. The number of hydrogen-bond donors (Lipinski definition) is 0. The van der Waals surface area contributed by atoms with Crippen LogP contribution < -0.4 is 0 Å². The highest BCUT2D eigenvalue weighted by molar-refractivity contribution is 6.27. The molecule has 0 aromatic carbocycles. The zero-order valence-corrected chi connectivity index (χ0v) is 13.5.